The van der Waals surface area contributed by atoms with Crippen molar-refractivity contribution in [1.29, 1.82) is 0 Å². The molecule has 0 bridgehead atoms. The lowest BCUT2D eigenvalue weighted by Crippen LogP contribution is -2.46. The number of hydrogen-bond acceptors (Lipinski definition) is 6. The van der Waals surface area contributed by atoms with Gasteiger partial charge in [-0.1, -0.05) is 0 Å². The number of ether oxygens (including phenoxy) is 2. The summed E-state index contributed by atoms with van der Waals surface area (Å²) < 4.78 is 12.9. The van der Waals surface area contributed by atoms with Crippen molar-refractivity contribution >= 4 is 22.8 Å². The van der Waals surface area contributed by atoms with Gasteiger partial charge in [-0.2, -0.15) is 5.10 Å². The number of urea groups is 1. The molecule has 30 heavy (non-hydrogen) atoms. The van der Waals surface area contributed by atoms with Crippen molar-refractivity contribution in [2.45, 2.75) is 64.7 Å². The first kappa shape index (κ1) is 20.9. The summed E-state index contributed by atoms with van der Waals surface area (Å²) in [5, 5.41) is 9.25. The first-order chi connectivity index (χ1) is 14.6. The van der Waals surface area contributed by atoms with Gasteiger partial charge in [-0.15, -0.1) is 0 Å². The lowest BCUT2D eigenvalue weighted by molar-refractivity contribution is 0.0452. The number of rotatable bonds is 6. The number of nitrogens with zero attached hydrogens (tertiary/aromatic N) is 4. The largest absolute Gasteiger partial charge is 0.381 e. The Labute approximate surface area is 176 Å². The second-order valence-electron chi connectivity index (χ2n) is 8.09. The second-order valence-corrected chi connectivity index (χ2v) is 8.09. The fraction of sp³-hybridized carbons (Fsp3) is 0.667. The highest BCUT2D eigenvalue weighted by Gasteiger charge is 2.28. The summed E-state index contributed by atoms with van der Waals surface area (Å²) >= 11 is 0. The van der Waals surface area contributed by atoms with Crippen LogP contribution in [-0.4, -0.2) is 64.2 Å². The van der Waals surface area contributed by atoms with Gasteiger partial charge in [0.2, 0.25) is 0 Å². The fourth-order valence-electron chi connectivity index (χ4n) is 4.43. The van der Waals surface area contributed by atoms with Crippen LogP contribution in [-0.2, 0) is 22.6 Å². The van der Waals surface area contributed by atoms with Crippen LogP contribution in [0.3, 0.4) is 0 Å². The van der Waals surface area contributed by atoms with Crippen LogP contribution in [0.4, 0.5) is 10.5 Å². The summed E-state index contributed by atoms with van der Waals surface area (Å²) in [5.74, 6) is 0. The quantitative estimate of drug-likeness (QED) is 0.749. The molecule has 4 rings (SSSR count). The molecule has 2 aliphatic heterocycles. The maximum Gasteiger partial charge on any atom is 0.315 e. The summed E-state index contributed by atoms with van der Waals surface area (Å²) in [4.78, 5) is 19.0. The minimum Gasteiger partial charge on any atom is -0.381 e. The number of aryl methyl sites for hydroxylation is 2. The summed E-state index contributed by atoms with van der Waals surface area (Å²) in [5.41, 5.74) is 9.60. The number of nitrogens with two attached hydrogens (primary N) is 1. The highest BCUT2D eigenvalue weighted by Crippen LogP contribution is 2.32. The van der Waals surface area contributed by atoms with Crippen LogP contribution in [0.15, 0.2) is 6.20 Å². The second kappa shape index (κ2) is 9.18. The van der Waals surface area contributed by atoms with Crippen molar-refractivity contribution in [1.82, 2.24) is 19.7 Å². The molecule has 0 atom stereocenters. The molecule has 9 heteroatoms. The molecule has 0 saturated carbocycles. The van der Waals surface area contributed by atoms with E-state index >= 15 is 0 Å². The number of carbonyl (C=O) groups is 1. The monoisotopic (exact) mass is 416 g/mol. The van der Waals surface area contributed by atoms with Gasteiger partial charge in [0.25, 0.3) is 0 Å². The lowest BCUT2D eigenvalue weighted by atomic mass is 10.0. The van der Waals surface area contributed by atoms with Gasteiger partial charge in [-0.25, -0.2) is 14.5 Å². The molecule has 3 N–H and O–H groups in total. The molecule has 0 unspecified atom stereocenters. The summed E-state index contributed by atoms with van der Waals surface area (Å²) in [7, 11) is 0. The third-order valence-electron chi connectivity index (χ3n) is 6.21. The van der Waals surface area contributed by atoms with Gasteiger partial charge < -0.3 is 25.4 Å². The molecule has 0 aromatic carbocycles. The van der Waals surface area contributed by atoms with Gasteiger partial charge in [0, 0.05) is 56.3 Å². The molecule has 2 fully saturated rings. The summed E-state index contributed by atoms with van der Waals surface area (Å²) in [6.45, 7) is 8.05. The normalized spacial score (nSPS) is 18.6. The Balaban J connectivity index is 1.73. The van der Waals surface area contributed by atoms with Gasteiger partial charge in [0.15, 0.2) is 5.65 Å². The number of aromatic nitrogens is 3. The molecule has 0 radical (unpaired) electrons. The van der Waals surface area contributed by atoms with E-state index in [1.165, 1.54) is 0 Å². The lowest BCUT2D eigenvalue weighted by Gasteiger charge is -2.34. The smallest absolute Gasteiger partial charge is 0.315 e. The fourth-order valence-corrected chi connectivity index (χ4v) is 4.43. The van der Waals surface area contributed by atoms with Crippen LogP contribution in [0.1, 0.15) is 43.9 Å². The molecular formula is C21H32N6O3. The SMILES string of the molecule is CCn1ncc2c(NC3CCOCC3)c(CN(C(N)=O)C3CCOCC3)c(C)nc21. The number of hydrogen-bond donors (Lipinski definition) is 2. The van der Waals surface area contributed by atoms with Crippen molar-refractivity contribution in [2.75, 3.05) is 31.7 Å². The van der Waals surface area contributed by atoms with E-state index in [0.29, 0.717) is 25.8 Å². The predicted molar refractivity (Wildman–Crippen MR) is 114 cm³/mol. The Morgan fingerprint density at radius 2 is 1.90 bits per heavy atom. The van der Waals surface area contributed by atoms with Crippen molar-refractivity contribution in [2.24, 2.45) is 5.73 Å². The maximum atomic E-state index is 12.4. The molecule has 2 aromatic rings. The average molecular weight is 417 g/mol. The Bertz CT molecular complexity index is 886. The van der Waals surface area contributed by atoms with Crippen LogP contribution in [0.5, 0.6) is 0 Å². The van der Waals surface area contributed by atoms with Crippen LogP contribution in [0, 0.1) is 6.92 Å². The van der Waals surface area contributed by atoms with Crippen LogP contribution in [0.2, 0.25) is 0 Å². The zero-order chi connectivity index (χ0) is 21.1. The van der Waals surface area contributed by atoms with Gasteiger partial charge in [-0.3, -0.25) is 0 Å². The molecule has 0 spiro atoms. The standard InChI is InChI=1S/C21H32N6O3/c1-3-27-20-17(12-23-27)19(25-15-4-8-29-9-5-15)18(14(2)24-20)13-26(21(22)28)16-6-10-30-11-7-16/h12,15-16H,3-11,13H2,1-2H3,(H2,22,28)(H,24,25). The van der Waals surface area contributed by atoms with E-state index < -0.39 is 6.03 Å². The van der Waals surface area contributed by atoms with Crippen molar-refractivity contribution in [3.05, 3.63) is 17.5 Å². The molecule has 2 aromatic heterocycles. The number of fused-ring (bicyclic) bond motifs is 1. The van der Waals surface area contributed by atoms with E-state index in [-0.39, 0.29) is 6.04 Å². The van der Waals surface area contributed by atoms with Crippen molar-refractivity contribution < 1.29 is 14.3 Å². The molecule has 2 saturated heterocycles. The topological polar surface area (TPSA) is 108 Å². The van der Waals surface area contributed by atoms with Crippen LogP contribution >= 0.6 is 0 Å². The molecular weight excluding hydrogens is 384 g/mol. The third kappa shape index (κ3) is 4.22. The molecule has 164 valence electrons. The minimum atomic E-state index is -0.400. The minimum absolute atomic E-state index is 0.0839. The number of anilines is 1. The van der Waals surface area contributed by atoms with Crippen molar-refractivity contribution in [3.8, 4) is 0 Å². The zero-order valence-electron chi connectivity index (χ0n) is 17.9. The number of carbonyl (C=O) groups excluding carboxylic acids is 1. The van der Waals surface area contributed by atoms with E-state index in [9.17, 15) is 4.79 Å². The molecule has 0 aliphatic carbocycles. The van der Waals surface area contributed by atoms with Crippen LogP contribution in [0.25, 0.3) is 11.0 Å². The van der Waals surface area contributed by atoms with E-state index in [2.05, 4.69) is 17.3 Å². The number of pyridine rings is 1. The Kier molecular flexibility index (Phi) is 6.38. The zero-order valence-corrected chi connectivity index (χ0v) is 17.9. The van der Waals surface area contributed by atoms with E-state index in [0.717, 1.165) is 73.4 Å². The molecule has 2 amide bonds. The van der Waals surface area contributed by atoms with Crippen molar-refractivity contribution in [3.63, 3.8) is 0 Å². The van der Waals surface area contributed by atoms with E-state index in [1.807, 2.05) is 17.8 Å². The highest BCUT2D eigenvalue weighted by molar-refractivity contribution is 5.91. The van der Waals surface area contributed by atoms with E-state index in [4.69, 9.17) is 20.2 Å². The molecule has 2 aliphatic rings. The number of primary amides is 1. The third-order valence-corrected chi connectivity index (χ3v) is 6.21. The van der Waals surface area contributed by atoms with Gasteiger partial charge in [-0.05, 0) is 39.5 Å². The summed E-state index contributed by atoms with van der Waals surface area (Å²) in [6, 6.07) is 0.000828. The molecule has 4 heterocycles. The highest BCUT2D eigenvalue weighted by atomic mass is 16.5. The van der Waals surface area contributed by atoms with Gasteiger partial charge in [0.05, 0.1) is 23.8 Å². The predicted octanol–water partition coefficient (Wildman–Crippen LogP) is 2.41. The number of amides is 2. The average Bonchev–Trinajstić information content (AvgIpc) is 3.17. The maximum absolute atomic E-state index is 12.4. The summed E-state index contributed by atoms with van der Waals surface area (Å²) in [6.07, 6.45) is 5.37. The Hall–Kier alpha value is -2.39. The van der Waals surface area contributed by atoms with Crippen LogP contribution < -0.4 is 11.1 Å². The number of nitrogens with one attached hydrogen (secondary N) is 1. The Morgan fingerprint density at radius 1 is 1.23 bits per heavy atom. The van der Waals surface area contributed by atoms with Gasteiger partial charge >= 0.3 is 6.03 Å². The van der Waals surface area contributed by atoms with Gasteiger partial charge in [0.1, 0.15) is 0 Å². The van der Waals surface area contributed by atoms with E-state index in [1.54, 1.807) is 4.90 Å². The Morgan fingerprint density at radius 3 is 2.53 bits per heavy atom. The first-order valence-corrected chi connectivity index (χ1v) is 10.9. The first-order valence-electron chi connectivity index (χ1n) is 10.9. The molecule has 9 nitrogen and oxygen atoms in total.